The molecular formula is C22H23FN4O2. The first-order valence-corrected chi connectivity index (χ1v) is 9.85. The minimum absolute atomic E-state index is 0.0788. The van der Waals surface area contributed by atoms with Crippen LogP contribution < -0.4 is 15.0 Å². The summed E-state index contributed by atoms with van der Waals surface area (Å²) >= 11 is 0. The fraction of sp³-hybridized carbons (Fsp3) is 0.318. The van der Waals surface area contributed by atoms with Crippen molar-refractivity contribution in [1.82, 2.24) is 9.97 Å². The Labute approximate surface area is 168 Å². The predicted molar refractivity (Wildman–Crippen MR) is 111 cm³/mol. The van der Waals surface area contributed by atoms with Crippen LogP contribution in [-0.2, 0) is 4.79 Å². The number of fused-ring (bicyclic) bond motifs is 1. The number of nitrogens with one attached hydrogen (secondary N) is 1. The van der Waals surface area contributed by atoms with Gasteiger partial charge in [0.25, 0.3) is 5.88 Å². The number of carbonyl (C=O) groups is 1. The number of benzene rings is 2. The van der Waals surface area contributed by atoms with Crippen molar-refractivity contribution >= 4 is 28.4 Å². The average molecular weight is 394 g/mol. The van der Waals surface area contributed by atoms with Crippen LogP contribution in [0.1, 0.15) is 19.8 Å². The van der Waals surface area contributed by atoms with Gasteiger partial charge in [-0.05, 0) is 50.1 Å². The summed E-state index contributed by atoms with van der Waals surface area (Å²) in [6, 6.07) is 13.7. The van der Waals surface area contributed by atoms with E-state index in [4.69, 9.17) is 9.72 Å². The zero-order valence-electron chi connectivity index (χ0n) is 16.3. The molecule has 0 radical (unpaired) electrons. The second kappa shape index (κ2) is 8.43. The van der Waals surface area contributed by atoms with E-state index in [9.17, 15) is 9.18 Å². The molecule has 2 aromatic carbocycles. The van der Waals surface area contributed by atoms with E-state index in [-0.39, 0.29) is 17.6 Å². The number of anilines is 2. The number of piperidine rings is 1. The van der Waals surface area contributed by atoms with E-state index in [0.29, 0.717) is 44.1 Å². The molecule has 0 atom stereocenters. The molecule has 1 saturated heterocycles. The summed E-state index contributed by atoms with van der Waals surface area (Å²) in [5, 5.41) is 2.81. The molecule has 1 aliphatic rings. The number of ether oxygens (including phenoxy) is 1. The molecule has 29 heavy (non-hydrogen) atoms. The molecule has 1 aromatic heterocycles. The van der Waals surface area contributed by atoms with Crippen molar-refractivity contribution in [2.75, 3.05) is 29.9 Å². The lowest BCUT2D eigenvalue weighted by Gasteiger charge is -2.32. The maximum Gasteiger partial charge on any atom is 0.258 e. The zero-order valence-corrected chi connectivity index (χ0v) is 16.3. The topological polar surface area (TPSA) is 67.4 Å². The van der Waals surface area contributed by atoms with Crippen molar-refractivity contribution in [2.45, 2.75) is 19.8 Å². The lowest BCUT2D eigenvalue weighted by atomic mass is 9.96. The summed E-state index contributed by atoms with van der Waals surface area (Å²) in [5.41, 5.74) is 2.09. The molecule has 0 bridgehead atoms. The molecule has 4 rings (SSSR count). The first-order valence-electron chi connectivity index (χ1n) is 9.85. The van der Waals surface area contributed by atoms with Crippen LogP contribution in [0.4, 0.5) is 15.9 Å². The molecule has 0 unspecified atom stereocenters. The zero-order chi connectivity index (χ0) is 20.2. The second-order valence-electron chi connectivity index (χ2n) is 7.04. The lowest BCUT2D eigenvalue weighted by Crippen LogP contribution is -2.39. The Hall–Kier alpha value is -3.22. The standard InChI is InChI=1S/C22H23FN4O2/c1-2-29-22-20(25-18-8-3-4-9-19(18)26-22)27-12-10-15(11-13-27)21(28)24-17-7-5-6-16(23)14-17/h3-9,14-15H,2,10-13H2,1H3,(H,24,28). The van der Waals surface area contributed by atoms with Gasteiger partial charge in [0.05, 0.1) is 17.6 Å². The third-order valence-corrected chi connectivity index (χ3v) is 5.06. The van der Waals surface area contributed by atoms with Gasteiger partial charge in [0.2, 0.25) is 5.91 Å². The van der Waals surface area contributed by atoms with E-state index in [2.05, 4.69) is 15.2 Å². The number of amides is 1. The van der Waals surface area contributed by atoms with Crippen LogP contribution >= 0.6 is 0 Å². The van der Waals surface area contributed by atoms with Crippen LogP contribution in [0, 0.1) is 11.7 Å². The summed E-state index contributed by atoms with van der Waals surface area (Å²) < 4.78 is 19.1. The van der Waals surface area contributed by atoms with Crippen molar-refractivity contribution in [3.05, 3.63) is 54.3 Å². The van der Waals surface area contributed by atoms with E-state index < -0.39 is 0 Å². The minimum atomic E-state index is -0.365. The Balaban J connectivity index is 1.46. The van der Waals surface area contributed by atoms with Crippen molar-refractivity contribution in [2.24, 2.45) is 5.92 Å². The fourth-order valence-electron chi connectivity index (χ4n) is 3.58. The quantitative estimate of drug-likeness (QED) is 0.708. The molecule has 6 nitrogen and oxygen atoms in total. The highest BCUT2D eigenvalue weighted by molar-refractivity contribution is 5.92. The Bertz CT molecular complexity index is 1020. The number of hydrogen-bond donors (Lipinski definition) is 1. The highest BCUT2D eigenvalue weighted by atomic mass is 19.1. The summed E-state index contributed by atoms with van der Waals surface area (Å²) in [6.45, 7) is 3.78. The van der Waals surface area contributed by atoms with Crippen molar-refractivity contribution in [1.29, 1.82) is 0 Å². The van der Waals surface area contributed by atoms with E-state index in [0.717, 1.165) is 16.9 Å². The van der Waals surface area contributed by atoms with Gasteiger partial charge in [-0.3, -0.25) is 4.79 Å². The first kappa shape index (κ1) is 19.1. The highest BCUT2D eigenvalue weighted by Crippen LogP contribution is 2.31. The number of carbonyl (C=O) groups excluding carboxylic acids is 1. The van der Waals surface area contributed by atoms with Gasteiger partial charge in [0.1, 0.15) is 5.82 Å². The SMILES string of the molecule is CCOc1nc2ccccc2nc1N1CCC(C(=O)Nc2cccc(F)c2)CC1. The van der Waals surface area contributed by atoms with Crippen LogP contribution in [0.15, 0.2) is 48.5 Å². The third-order valence-electron chi connectivity index (χ3n) is 5.06. The van der Waals surface area contributed by atoms with Crippen LogP contribution in [-0.4, -0.2) is 35.6 Å². The van der Waals surface area contributed by atoms with Gasteiger partial charge in [0.15, 0.2) is 5.82 Å². The summed E-state index contributed by atoms with van der Waals surface area (Å²) in [4.78, 5) is 24.1. The molecular weight excluding hydrogens is 371 g/mol. The molecule has 150 valence electrons. The van der Waals surface area contributed by atoms with E-state index in [1.807, 2.05) is 31.2 Å². The predicted octanol–water partition coefficient (Wildman–Crippen LogP) is 4.02. The summed E-state index contributed by atoms with van der Waals surface area (Å²) in [7, 11) is 0. The second-order valence-corrected chi connectivity index (χ2v) is 7.04. The fourth-order valence-corrected chi connectivity index (χ4v) is 3.58. The largest absolute Gasteiger partial charge is 0.475 e. The Morgan fingerprint density at radius 3 is 2.55 bits per heavy atom. The van der Waals surface area contributed by atoms with Crippen LogP contribution in [0.5, 0.6) is 5.88 Å². The van der Waals surface area contributed by atoms with E-state index >= 15 is 0 Å². The smallest absolute Gasteiger partial charge is 0.258 e. The molecule has 3 aromatic rings. The van der Waals surface area contributed by atoms with Gasteiger partial charge < -0.3 is 15.0 Å². The maximum atomic E-state index is 13.3. The van der Waals surface area contributed by atoms with Crippen molar-refractivity contribution in [3.8, 4) is 5.88 Å². The normalized spacial score (nSPS) is 14.8. The van der Waals surface area contributed by atoms with Crippen molar-refractivity contribution < 1.29 is 13.9 Å². The van der Waals surface area contributed by atoms with Crippen LogP contribution in [0.25, 0.3) is 11.0 Å². The van der Waals surface area contributed by atoms with Gasteiger partial charge >= 0.3 is 0 Å². The molecule has 0 aliphatic carbocycles. The Morgan fingerprint density at radius 1 is 1.14 bits per heavy atom. The number of para-hydroxylation sites is 2. The van der Waals surface area contributed by atoms with Gasteiger partial charge in [-0.1, -0.05) is 18.2 Å². The monoisotopic (exact) mass is 394 g/mol. The Morgan fingerprint density at radius 2 is 1.86 bits per heavy atom. The molecule has 1 aliphatic heterocycles. The lowest BCUT2D eigenvalue weighted by molar-refractivity contribution is -0.120. The molecule has 0 spiro atoms. The number of hydrogen-bond acceptors (Lipinski definition) is 5. The number of aromatic nitrogens is 2. The van der Waals surface area contributed by atoms with E-state index in [1.165, 1.54) is 12.1 Å². The summed E-state index contributed by atoms with van der Waals surface area (Å²) in [5.74, 6) is 0.669. The number of rotatable bonds is 5. The molecule has 1 amide bonds. The first-order chi connectivity index (χ1) is 14.1. The minimum Gasteiger partial charge on any atom is -0.475 e. The van der Waals surface area contributed by atoms with Crippen LogP contribution in [0.3, 0.4) is 0 Å². The molecule has 2 heterocycles. The molecule has 1 N–H and O–H groups in total. The van der Waals surface area contributed by atoms with Gasteiger partial charge in [-0.2, -0.15) is 0 Å². The highest BCUT2D eigenvalue weighted by Gasteiger charge is 2.28. The summed E-state index contributed by atoms with van der Waals surface area (Å²) in [6.07, 6.45) is 1.36. The number of halogens is 1. The third kappa shape index (κ3) is 4.29. The van der Waals surface area contributed by atoms with Gasteiger partial charge in [0, 0.05) is 24.7 Å². The van der Waals surface area contributed by atoms with Gasteiger partial charge in [-0.25, -0.2) is 14.4 Å². The van der Waals surface area contributed by atoms with Gasteiger partial charge in [-0.15, -0.1) is 0 Å². The average Bonchev–Trinajstić information content (AvgIpc) is 2.74. The molecule has 0 saturated carbocycles. The molecule has 7 heteroatoms. The Kier molecular flexibility index (Phi) is 5.55. The van der Waals surface area contributed by atoms with Crippen molar-refractivity contribution in [3.63, 3.8) is 0 Å². The molecule has 1 fully saturated rings. The van der Waals surface area contributed by atoms with E-state index in [1.54, 1.807) is 12.1 Å². The van der Waals surface area contributed by atoms with Crippen LogP contribution in [0.2, 0.25) is 0 Å². The maximum absolute atomic E-state index is 13.3. The number of nitrogens with zero attached hydrogens (tertiary/aromatic N) is 3.